The van der Waals surface area contributed by atoms with Crippen molar-refractivity contribution in [2.24, 2.45) is 0 Å². The number of carbonyl (C=O) groups excluding carboxylic acids is 1. The number of carboxylic acids is 1. The molecule has 0 unspecified atom stereocenters. The Morgan fingerprint density at radius 1 is 1.14 bits per heavy atom. The number of carboxylic acid groups (broad SMARTS) is 1. The zero-order valence-electron chi connectivity index (χ0n) is 15.0. The van der Waals surface area contributed by atoms with E-state index >= 15 is 0 Å². The van der Waals surface area contributed by atoms with Gasteiger partial charge in [0.15, 0.2) is 0 Å². The molecule has 2 aromatic rings. The molecule has 28 heavy (non-hydrogen) atoms. The van der Waals surface area contributed by atoms with E-state index in [0.717, 1.165) is 17.5 Å². The number of para-hydroxylation sites is 1. The number of carbonyl (C=O) groups is 2. The van der Waals surface area contributed by atoms with E-state index in [1.54, 1.807) is 23.1 Å². The maximum atomic E-state index is 12.8. The Hall–Kier alpha value is -2.64. The average molecular weight is 414 g/mol. The summed E-state index contributed by atoms with van der Waals surface area (Å²) < 4.78 is 6.10. The van der Waals surface area contributed by atoms with Crippen molar-refractivity contribution >= 4 is 46.3 Å². The summed E-state index contributed by atoms with van der Waals surface area (Å²) in [6.07, 6.45) is 2.39. The largest absolute Gasteiger partial charge is 0.492 e. The highest BCUT2D eigenvalue weighted by Gasteiger charge is 2.31. The second kappa shape index (κ2) is 9.52. The van der Waals surface area contributed by atoms with E-state index in [0.29, 0.717) is 21.5 Å². The summed E-state index contributed by atoms with van der Waals surface area (Å²) in [5.74, 6) is -0.499. The van der Waals surface area contributed by atoms with Crippen LogP contribution in [0.5, 0.6) is 5.75 Å². The Kier molecular flexibility index (Phi) is 6.84. The van der Waals surface area contributed by atoms with Crippen LogP contribution in [0.1, 0.15) is 17.5 Å². The lowest BCUT2D eigenvalue weighted by Crippen LogP contribution is -2.30. The number of rotatable bonds is 8. The van der Waals surface area contributed by atoms with Gasteiger partial charge in [0.1, 0.15) is 10.1 Å². The smallest absolute Gasteiger partial charge is 0.306 e. The fourth-order valence-electron chi connectivity index (χ4n) is 2.70. The fourth-order valence-corrected chi connectivity index (χ4v) is 4.00. The van der Waals surface area contributed by atoms with Crippen molar-refractivity contribution in [2.75, 3.05) is 13.2 Å². The van der Waals surface area contributed by atoms with E-state index in [2.05, 4.69) is 0 Å². The average Bonchev–Trinajstić information content (AvgIpc) is 2.95. The van der Waals surface area contributed by atoms with Crippen LogP contribution in [0.2, 0.25) is 0 Å². The molecule has 0 spiro atoms. The standard InChI is InChI=1S/C21H19NO4S2/c23-19(24)11-13-26-17-9-5-4-8-16(17)14-18-20(25)22(21(27)28-18)12-10-15-6-2-1-3-7-15/h1-9,14H,10-13H2,(H,23,24)/b18-14+. The van der Waals surface area contributed by atoms with Crippen LogP contribution in [0.25, 0.3) is 6.08 Å². The van der Waals surface area contributed by atoms with Gasteiger partial charge in [0.2, 0.25) is 0 Å². The van der Waals surface area contributed by atoms with Crippen LogP contribution in [-0.2, 0) is 16.0 Å². The molecule has 0 atom stereocenters. The van der Waals surface area contributed by atoms with Crippen LogP contribution in [0.3, 0.4) is 0 Å². The predicted molar refractivity (Wildman–Crippen MR) is 114 cm³/mol. The lowest BCUT2D eigenvalue weighted by Gasteiger charge is -2.14. The van der Waals surface area contributed by atoms with Gasteiger partial charge < -0.3 is 9.84 Å². The summed E-state index contributed by atoms with van der Waals surface area (Å²) in [7, 11) is 0. The molecule has 0 aliphatic carbocycles. The first-order valence-electron chi connectivity index (χ1n) is 8.77. The number of aliphatic carboxylic acids is 1. The van der Waals surface area contributed by atoms with Crippen LogP contribution >= 0.6 is 24.0 Å². The molecule has 1 saturated heterocycles. The molecule has 2 aromatic carbocycles. The third-order valence-corrected chi connectivity index (χ3v) is 5.50. The molecule has 1 fully saturated rings. The Labute approximate surface area is 173 Å². The SMILES string of the molecule is O=C(O)CCOc1ccccc1/C=C1/SC(=S)N(CCc2ccccc2)C1=O. The molecule has 1 heterocycles. The van der Waals surface area contributed by atoms with Crippen molar-refractivity contribution in [3.63, 3.8) is 0 Å². The monoisotopic (exact) mass is 413 g/mol. The van der Waals surface area contributed by atoms with Crippen molar-refractivity contribution in [1.29, 1.82) is 0 Å². The highest BCUT2D eigenvalue weighted by atomic mass is 32.2. The van der Waals surface area contributed by atoms with E-state index in [4.69, 9.17) is 22.1 Å². The summed E-state index contributed by atoms with van der Waals surface area (Å²) in [5, 5.41) is 8.76. The molecule has 5 nitrogen and oxygen atoms in total. The lowest BCUT2D eigenvalue weighted by molar-refractivity contribution is -0.137. The zero-order chi connectivity index (χ0) is 19.9. The van der Waals surface area contributed by atoms with Crippen LogP contribution in [-0.4, -0.2) is 39.4 Å². The summed E-state index contributed by atoms with van der Waals surface area (Å²) in [5.41, 5.74) is 1.87. The Morgan fingerprint density at radius 3 is 2.61 bits per heavy atom. The number of amides is 1. The Morgan fingerprint density at radius 2 is 1.86 bits per heavy atom. The minimum absolute atomic E-state index is 0.0677. The van der Waals surface area contributed by atoms with Gasteiger partial charge in [0.25, 0.3) is 5.91 Å². The van der Waals surface area contributed by atoms with Gasteiger partial charge in [-0.25, -0.2) is 0 Å². The predicted octanol–water partition coefficient (Wildman–Crippen LogP) is 3.98. The van der Waals surface area contributed by atoms with Gasteiger partial charge in [-0.2, -0.15) is 0 Å². The second-order valence-electron chi connectivity index (χ2n) is 6.10. The van der Waals surface area contributed by atoms with Gasteiger partial charge >= 0.3 is 5.97 Å². The van der Waals surface area contributed by atoms with Gasteiger partial charge in [-0.3, -0.25) is 14.5 Å². The van der Waals surface area contributed by atoms with E-state index < -0.39 is 5.97 Å². The normalized spacial score (nSPS) is 15.3. The van der Waals surface area contributed by atoms with Crippen molar-refractivity contribution in [3.05, 3.63) is 70.6 Å². The topological polar surface area (TPSA) is 66.8 Å². The second-order valence-corrected chi connectivity index (χ2v) is 7.77. The van der Waals surface area contributed by atoms with E-state index in [9.17, 15) is 9.59 Å². The van der Waals surface area contributed by atoms with E-state index in [-0.39, 0.29) is 18.9 Å². The molecule has 1 amide bonds. The minimum Gasteiger partial charge on any atom is -0.492 e. The molecule has 0 bridgehead atoms. The molecular formula is C21H19NO4S2. The van der Waals surface area contributed by atoms with Crippen molar-refractivity contribution < 1.29 is 19.4 Å². The molecule has 144 valence electrons. The number of hydrogen-bond acceptors (Lipinski definition) is 5. The van der Waals surface area contributed by atoms with Crippen LogP contribution in [0.15, 0.2) is 59.5 Å². The van der Waals surface area contributed by atoms with E-state index in [1.807, 2.05) is 42.5 Å². The highest BCUT2D eigenvalue weighted by molar-refractivity contribution is 8.26. The maximum Gasteiger partial charge on any atom is 0.306 e. The fraction of sp³-hybridized carbons (Fsp3) is 0.190. The van der Waals surface area contributed by atoms with Gasteiger partial charge in [-0.05, 0) is 24.1 Å². The molecular weight excluding hydrogens is 394 g/mol. The summed E-state index contributed by atoms with van der Waals surface area (Å²) in [4.78, 5) is 25.6. The van der Waals surface area contributed by atoms with Gasteiger partial charge in [-0.1, -0.05) is 72.5 Å². The van der Waals surface area contributed by atoms with Gasteiger partial charge in [-0.15, -0.1) is 0 Å². The Balaban J connectivity index is 1.70. The van der Waals surface area contributed by atoms with Crippen LogP contribution in [0, 0.1) is 0 Å². The Bertz CT molecular complexity index is 912. The lowest BCUT2D eigenvalue weighted by atomic mass is 10.1. The van der Waals surface area contributed by atoms with E-state index in [1.165, 1.54) is 11.8 Å². The number of nitrogens with zero attached hydrogens (tertiary/aromatic N) is 1. The summed E-state index contributed by atoms with van der Waals surface area (Å²) in [6, 6.07) is 17.2. The molecule has 0 saturated carbocycles. The number of hydrogen-bond donors (Lipinski definition) is 1. The number of thiocarbonyl (C=S) groups is 1. The molecule has 1 aliphatic rings. The zero-order valence-corrected chi connectivity index (χ0v) is 16.7. The first kappa shape index (κ1) is 20.1. The first-order chi connectivity index (χ1) is 13.5. The number of ether oxygens (including phenoxy) is 1. The van der Waals surface area contributed by atoms with Gasteiger partial charge in [0, 0.05) is 12.1 Å². The van der Waals surface area contributed by atoms with Crippen LogP contribution in [0.4, 0.5) is 0 Å². The molecule has 7 heteroatoms. The molecule has 3 rings (SSSR count). The third kappa shape index (κ3) is 5.21. The molecule has 1 N–H and O–H groups in total. The maximum absolute atomic E-state index is 12.8. The quantitative estimate of drug-likeness (QED) is 0.522. The third-order valence-electron chi connectivity index (χ3n) is 4.12. The highest BCUT2D eigenvalue weighted by Crippen LogP contribution is 2.34. The van der Waals surface area contributed by atoms with Crippen molar-refractivity contribution in [2.45, 2.75) is 12.8 Å². The first-order valence-corrected chi connectivity index (χ1v) is 10.00. The molecule has 1 aliphatic heterocycles. The summed E-state index contributed by atoms with van der Waals surface area (Å²) >= 11 is 6.66. The molecule has 0 radical (unpaired) electrons. The minimum atomic E-state index is -0.920. The number of benzene rings is 2. The van der Waals surface area contributed by atoms with Crippen molar-refractivity contribution in [1.82, 2.24) is 4.90 Å². The van der Waals surface area contributed by atoms with Crippen LogP contribution < -0.4 is 4.74 Å². The molecule has 0 aromatic heterocycles. The number of thioether (sulfide) groups is 1. The summed E-state index contributed by atoms with van der Waals surface area (Å²) in [6.45, 7) is 0.598. The van der Waals surface area contributed by atoms with Crippen molar-refractivity contribution in [3.8, 4) is 5.75 Å². The van der Waals surface area contributed by atoms with Gasteiger partial charge in [0.05, 0.1) is 17.9 Å².